The van der Waals surface area contributed by atoms with E-state index in [2.05, 4.69) is 6.58 Å². The van der Waals surface area contributed by atoms with Crippen molar-refractivity contribution in [2.75, 3.05) is 0 Å². The van der Waals surface area contributed by atoms with Gasteiger partial charge in [-0.2, -0.15) is 0 Å². The summed E-state index contributed by atoms with van der Waals surface area (Å²) in [5, 5.41) is 0. The second-order valence-electron chi connectivity index (χ2n) is 3.97. The number of ether oxygens (including phenoxy) is 1. The van der Waals surface area contributed by atoms with Gasteiger partial charge in [0.05, 0.1) is 0 Å². The molecule has 1 saturated carbocycles. The number of carbonyl (C=O) groups excluding carboxylic acids is 1. The maximum atomic E-state index is 11.7. The summed E-state index contributed by atoms with van der Waals surface area (Å²) in [4.78, 5) is 11.7. The zero-order valence-corrected chi connectivity index (χ0v) is 9.50. The fourth-order valence-corrected chi connectivity index (χ4v) is 1.88. The molecular formula is C13H20O2. The highest BCUT2D eigenvalue weighted by Crippen LogP contribution is 2.21. The summed E-state index contributed by atoms with van der Waals surface area (Å²) in [5.74, 6) is -0.163. The van der Waals surface area contributed by atoms with E-state index in [4.69, 9.17) is 4.74 Å². The van der Waals surface area contributed by atoms with Gasteiger partial charge in [-0.25, -0.2) is 4.79 Å². The molecule has 0 heterocycles. The number of carbonyl (C=O) groups is 1. The summed E-state index contributed by atoms with van der Waals surface area (Å²) in [6, 6.07) is 0. The number of hydrogen-bond donors (Lipinski definition) is 0. The van der Waals surface area contributed by atoms with Crippen molar-refractivity contribution in [3.8, 4) is 0 Å². The van der Waals surface area contributed by atoms with Crippen LogP contribution in [0, 0.1) is 0 Å². The number of hydrogen-bond acceptors (Lipinski definition) is 2. The molecule has 0 amide bonds. The van der Waals surface area contributed by atoms with Gasteiger partial charge < -0.3 is 4.74 Å². The lowest BCUT2D eigenvalue weighted by atomic mass is 9.98. The zero-order chi connectivity index (χ0) is 11.1. The lowest BCUT2D eigenvalue weighted by Gasteiger charge is -2.22. The van der Waals surface area contributed by atoms with Crippen molar-refractivity contribution >= 4 is 5.97 Å². The smallest absolute Gasteiger partial charge is 0.334 e. The number of allylic oxidation sites excluding steroid dienone is 2. The van der Waals surface area contributed by atoms with Gasteiger partial charge in [0, 0.05) is 5.57 Å². The van der Waals surface area contributed by atoms with Crippen LogP contribution in [-0.2, 0) is 9.53 Å². The molecule has 0 N–H and O–H groups in total. The van der Waals surface area contributed by atoms with Gasteiger partial charge in [-0.3, -0.25) is 0 Å². The van der Waals surface area contributed by atoms with E-state index < -0.39 is 0 Å². The first kappa shape index (κ1) is 12.0. The summed E-state index contributed by atoms with van der Waals surface area (Å²) < 4.78 is 5.44. The van der Waals surface area contributed by atoms with Gasteiger partial charge in [-0.1, -0.05) is 18.6 Å². The Kier molecular flexibility index (Phi) is 5.16. The minimum atomic E-state index is -0.163. The van der Waals surface area contributed by atoms with Crippen LogP contribution < -0.4 is 0 Å². The van der Waals surface area contributed by atoms with Crippen LogP contribution in [0.2, 0.25) is 0 Å². The van der Waals surface area contributed by atoms with E-state index in [-0.39, 0.29) is 12.1 Å². The minimum Gasteiger partial charge on any atom is -0.459 e. The van der Waals surface area contributed by atoms with Crippen molar-refractivity contribution in [1.29, 1.82) is 0 Å². The number of esters is 1. The van der Waals surface area contributed by atoms with Gasteiger partial charge in [-0.05, 0) is 39.0 Å². The summed E-state index contributed by atoms with van der Waals surface area (Å²) >= 11 is 0. The van der Waals surface area contributed by atoms with E-state index in [1.807, 2.05) is 13.0 Å². The first-order valence-electron chi connectivity index (χ1n) is 5.75. The molecule has 1 aliphatic carbocycles. The van der Waals surface area contributed by atoms with Gasteiger partial charge in [0.15, 0.2) is 0 Å². The van der Waals surface area contributed by atoms with E-state index in [0.29, 0.717) is 6.42 Å². The standard InChI is InChI=1S/C13H20O2/c1-3-8-11(4-2)13(14)15-12-9-6-5-7-10-12/h3-4,12H,1,5-10H2,2H3. The molecule has 0 unspecified atom stereocenters. The van der Waals surface area contributed by atoms with Crippen molar-refractivity contribution in [2.24, 2.45) is 0 Å². The average molecular weight is 208 g/mol. The van der Waals surface area contributed by atoms with Gasteiger partial charge >= 0.3 is 5.97 Å². The lowest BCUT2D eigenvalue weighted by Crippen LogP contribution is -2.21. The third-order valence-corrected chi connectivity index (χ3v) is 2.80. The first-order valence-corrected chi connectivity index (χ1v) is 5.75. The van der Waals surface area contributed by atoms with Gasteiger partial charge in [-0.15, -0.1) is 6.58 Å². The number of rotatable bonds is 4. The molecule has 15 heavy (non-hydrogen) atoms. The molecule has 0 spiro atoms. The Labute approximate surface area is 92.0 Å². The third kappa shape index (κ3) is 3.90. The van der Waals surface area contributed by atoms with Crippen LogP contribution in [0.4, 0.5) is 0 Å². The quantitative estimate of drug-likeness (QED) is 0.402. The normalized spacial score (nSPS) is 18.6. The van der Waals surface area contributed by atoms with Crippen LogP contribution in [0.25, 0.3) is 0 Å². The molecule has 0 aromatic heterocycles. The van der Waals surface area contributed by atoms with E-state index in [1.54, 1.807) is 6.08 Å². The second-order valence-corrected chi connectivity index (χ2v) is 3.97. The fourth-order valence-electron chi connectivity index (χ4n) is 1.88. The SMILES string of the molecule is C=CCC(=CC)C(=O)OC1CCCCC1. The van der Waals surface area contributed by atoms with Crippen molar-refractivity contribution in [2.45, 2.75) is 51.6 Å². The molecule has 0 aromatic carbocycles. The van der Waals surface area contributed by atoms with Gasteiger partial charge in [0.2, 0.25) is 0 Å². The Morgan fingerprint density at radius 2 is 2.07 bits per heavy atom. The Balaban J connectivity index is 2.42. The lowest BCUT2D eigenvalue weighted by molar-refractivity contribution is -0.145. The molecule has 1 fully saturated rings. The highest BCUT2D eigenvalue weighted by molar-refractivity contribution is 5.88. The topological polar surface area (TPSA) is 26.3 Å². The Bertz CT molecular complexity index is 247. The highest BCUT2D eigenvalue weighted by atomic mass is 16.5. The van der Waals surface area contributed by atoms with Gasteiger partial charge in [0.1, 0.15) is 6.10 Å². The highest BCUT2D eigenvalue weighted by Gasteiger charge is 2.18. The molecule has 0 saturated heterocycles. The molecule has 2 nitrogen and oxygen atoms in total. The predicted octanol–water partition coefficient (Wildman–Crippen LogP) is 3.38. The maximum absolute atomic E-state index is 11.7. The van der Waals surface area contributed by atoms with Crippen LogP contribution in [0.3, 0.4) is 0 Å². The van der Waals surface area contributed by atoms with E-state index in [1.165, 1.54) is 19.3 Å². The maximum Gasteiger partial charge on any atom is 0.334 e. The van der Waals surface area contributed by atoms with Crippen molar-refractivity contribution in [3.63, 3.8) is 0 Å². The molecule has 84 valence electrons. The van der Waals surface area contributed by atoms with Crippen LogP contribution >= 0.6 is 0 Å². The molecule has 1 aliphatic rings. The molecule has 0 aliphatic heterocycles. The average Bonchev–Trinajstić information content (AvgIpc) is 2.27. The third-order valence-electron chi connectivity index (χ3n) is 2.80. The summed E-state index contributed by atoms with van der Waals surface area (Å²) in [6.07, 6.45) is 9.98. The molecule has 2 heteroatoms. The summed E-state index contributed by atoms with van der Waals surface area (Å²) in [5.41, 5.74) is 0.718. The predicted molar refractivity (Wildman–Crippen MR) is 61.5 cm³/mol. The van der Waals surface area contributed by atoms with Crippen molar-refractivity contribution in [1.82, 2.24) is 0 Å². The molecule has 0 aromatic rings. The van der Waals surface area contributed by atoms with Gasteiger partial charge in [0.25, 0.3) is 0 Å². The fraction of sp³-hybridized carbons (Fsp3) is 0.615. The van der Waals surface area contributed by atoms with E-state index in [9.17, 15) is 4.79 Å². The van der Waals surface area contributed by atoms with Crippen LogP contribution in [-0.4, -0.2) is 12.1 Å². The van der Waals surface area contributed by atoms with Crippen molar-refractivity contribution in [3.05, 3.63) is 24.3 Å². The molecule has 0 radical (unpaired) electrons. The first-order chi connectivity index (χ1) is 7.27. The van der Waals surface area contributed by atoms with Crippen LogP contribution in [0.5, 0.6) is 0 Å². The summed E-state index contributed by atoms with van der Waals surface area (Å²) in [7, 11) is 0. The summed E-state index contributed by atoms with van der Waals surface area (Å²) in [6.45, 7) is 5.49. The largest absolute Gasteiger partial charge is 0.459 e. The Morgan fingerprint density at radius 1 is 1.40 bits per heavy atom. The van der Waals surface area contributed by atoms with Crippen LogP contribution in [0.15, 0.2) is 24.3 Å². The second kappa shape index (κ2) is 6.44. The van der Waals surface area contributed by atoms with E-state index in [0.717, 1.165) is 18.4 Å². The Hall–Kier alpha value is -1.05. The molecule has 0 atom stereocenters. The van der Waals surface area contributed by atoms with Crippen LogP contribution in [0.1, 0.15) is 45.4 Å². The minimum absolute atomic E-state index is 0.144. The monoisotopic (exact) mass is 208 g/mol. The van der Waals surface area contributed by atoms with Crippen molar-refractivity contribution < 1.29 is 9.53 Å². The Morgan fingerprint density at radius 3 is 2.60 bits per heavy atom. The molecule has 1 rings (SSSR count). The van der Waals surface area contributed by atoms with E-state index >= 15 is 0 Å². The molecule has 0 bridgehead atoms. The molecular weight excluding hydrogens is 188 g/mol. The zero-order valence-electron chi connectivity index (χ0n) is 9.50.